The number of hydrogen-bond donors (Lipinski definition) is 2. The number of thiophene rings is 1. The summed E-state index contributed by atoms with van der Waals surface area (Å²) < 4.78 is 10.8. The molecule has 3 heterocycles. The fourth-order valence-electron chi connectivity index (χ4n) is 4.07. The average molecular weight is 399 g/mol. The number of rotatable bonds is 4. The molecule has 3 N–H and O–H groups in total. The standard InChI is InChI=1S/C21H23N3O3S/c1-11-3-5-14-17(7-11)28-21-18(14)20(25)23-19(24-21)12(2)22-9-13-4-6-15-16(8-13)27-10-26-15/h4,6,8,11-12,22H,3,5,7,9-10H2,1-2H3,(H,23,24,25)/p+1/t11-,12-/m0/s1. The van der Waals surface area contributed by atoms with E-state index >= 15 is 0 Å². The quantitative estimate of drug-likeness (QED) is 0.708. The Bertz CT molecular complexity index is 1100. The summed E-state index contributed by atoms with van der Waals surface area (Å²) in [5.41, 5.74) is 2.39. The van der Waals surface area contributed by atoms with Gasteiger partial charge < -0.3 is 19.8 Å². The smallest absolute Gasteiger partial charge is 0.260 e. The predicted molar refractivity (Wildman–Crippen MR) is 108 cm³/mol. The Morgan fingerprint density at radius 2 is 2.21 bits per heavy atom. The van der Waals surface area contributed by atoms with E-state index < -0.39 is 0 Å². The Labute approximate surface area is 166 Å². The molecule has 2 aliphatic rings. The molecule has 2 aromatic heterocycles. The van der Waals surface area contributed by atoms with Gasteiger partial charge in [-0.1, -0.05) is 6.92 Å². The van der Waals surface area contributed by atoms with Crippen LogP contribution in [-0.2, 0) is 19.4 Å². The van der Waals surface area contributed by atoms with Crippen molar-refractivity contribution in [3.63, 3.8) is 0 Å². The number of nitrogens with two attached hydrogens (primary N) is 1. The zero-order chi connectivity index (χ0) is 19.3. The average Bonchev–Trinajstić information content (AvgIpc) is 3.29. The van der Waals surface area contributed by atoms with Crippen molar-refractivity contribution >= 4 is 21.6 Å². The maximum Gasteiger partial charge on any atom is 0.260 e. The number of hydrogen-bond acceptors (Lipinski definition) is 5. The monoisotopic (exact) mass is 398 g/mol. The van der Waals surface area contributed by atoms with Crippen molar-refractivity contribution in [3.8, 4) is 11.5 Å². The molecule has 7 heteroatoms. The molecule has 28 heavy (non-hydrogen) atoms. The molecule has 0 fully saturated rings. The van der Waals surface area contributed by atoms with E-state index in [0.29, 0.717) is 5.92 Å². The molecule has 1 aliphatic heterocycles. The van der Waals surface area contributed by atoms with Gasteiger partial charge in [0.2, 0.25) is 6.79 Å². The van der Waals surface area contributed by atoms with Crippen LogP contribution in [-0.4, -0.2) is 16.8 Å². The number of quaternary nitrogens is 1. The molecule has 0 amide bonds. The van der Waals surface area contributed by atoms with Crippen LogP contribution in [0.4, 0.5) is 0 Å². The number of nitrogens with zero attached hydrogens (tertiary/aromatic N) is 1. The summed E-state index contributed by atoms with van der Waals surface area (Å²) in [4.78, 5) is 22.9. The highest BCUT2D eigenvalue weighted by Gasteiger charge is 2.24. The van der Waals surface area contributed by atoms with E-state index in [0.717, 1.165) is 58.9 Å². The third-order valence-corrected chi connectivity index (χ3v) is 6.91. The van der Waals surface area contributed by atoms with Crippen molar-refractivity contribution in [3.05, 3.63) is 50.4 Å². The van der Waals surface area contributed by atoms with Gasteiger partial charge in [-0.2, -0.15) is 0 Å². The van der Waals surface area contributed by atoms with Crippen molar-refractivity contribution in [2.24, 2.45) is 5.92 Å². The van der Waals surface area contributed by atoms with Gasteiger partial charge in [0.15, 0.2) is 17.3 Å². The number of ether oxygens (including phenoxy) is 2. The molecule has 0 saturated carbocycles. The highest BCUT2D eigenvalue weighted by atomic mass is 32.1. The minimum Gasteiger partial charge on any atom is -0.454 e. The second-order valence-corrected chi connectivity index (χ2v) is 8.98. The molecular weight excluding hydrogens is 374 g/mol. The Hall–Kier alpha value is -2.38. The summed E-state index contributed by atoms with van der Waals surface area (Å²) in [5.74, 6) is 3.02. The van der Waals surface area contributed by atoms with Gasteiger partial charge in [-0.25, -0.2) is 4.98 Å². The first-order chi connectivity index (χ1) is 13.6. The van der Waals surface area contributed by atoms with Crippen LogP contribution >= 0.6 is 11.3 Å². The third kappa shape index (κ3) is 3.08. The van der Waals surface area contributed by atoms with Gasteiger partial charge in [0.25, 0.3) is 5.56 Å². The normalized spacial score (nSPS) is 19.0. The molecule has 0 radical (unpaired) electrons. The van der Waals surface area contributed by atoms with Crippen LogP contribution in [0.2, 0.25) is 0 Å². The van der Waals surface area contributed by atoms with Gasteiger partial charge >= 0.3 is 0 Å². The number of aromatic amines is 1. The number of nitrogens with one attached hydrogen (secondary N) is 1. The lowest BCUT2D eigenvalue weighted by Crippen LogP contribution is -2.83. The largest absolute Gasteiger partial charge is 0.454 e. The summed E-state index contributed by atoms with van der Waals surface area (Å²) in [7, 11) is 0. The zero-order valence-corrected chi connectivity index (χ0v) is 16.9. The van der Waals surface area contributed by atoms with E-state index in [1.807, 2.05) is 18.2 Å². The molecule has 1 aliphatic carbocycles. The fraction of sp³-hybridized carbons (Fsp3) is 0.429. The molecule has 2 atom stereocenters. The zero-order valence-electron chi connectivity index (χ0n) is 16.1. The second kappa shape index (κ2) is 6.90. The molecular formula is C21H24N3O3S+. The number of aromatic nitrogens is 2. The number of aryl methyl sites for hydroxylation is 1. The van der Waals surface area contributed by atoms with Gasteiger partial charge in [0, 0.05) is 10.4 Å². The van der Waals surface area contributed by atoms with Gasteiger partial charge in [-0.15, -0.1) is 11.3 Å². The second-order valence-electron chi connectivity index (χ2n) is 7.90. The SMILES string of the molecule is C[C@H]1CCc2c(sc3nc([C@H](C)[NH2+]Cc4ccc5c(c4)OCO5)[nH]c(=O)c23)C1. The number of benzene rings is 1. The summed E-state index contributed by atoms with van der Waals surface area (Å²) in [6.07, 6.45) is 3.21. The van der Waals surface area contributed by atoms with E-state index in [1.54, 1.807) is 11.3 Å². The third-order valence-electron chi connectivity index (χ3n) is 5.76. The van der Waals surface area contributed by atoms with Gasteiger partial charge in [0.05, 0.1) is 5.39 Å². The predicted octanol–water partition coefficient (Wildman–Crippen LogP) is 2.66. The first-order valence-electron chi connectivity index (χ1n) is 9.85. The van der Waals surface area contributed by atoms with E-state index in [1.165, 1.54) is 10.4 Å². The lowest BCUT2D eigenvalue weighted by molar-refractivity contribution is -0.709. The van der Waals surface area contributed by atoms with E-state index in [-0.39, 0.29) is 18.4 Å². The topological polar surface area (TPSA) is 80.8 Å². The van der Waals surface area contributed by atoms with Crippen molar-refractivity contribution in [2.45, 2.75) is 45.7 Å². The van der Waals surface area contributed by atoms with Crippen molar-refractivity contribution in [1.82, 2.24) is 9.97 Å². The Morgan fingerprint density at radius 1 is 1.36 bits per heavy atom. The Kier molecular flexibility index (Phi) is 4.36. The minimum atomic E-state index is 0.00961. The van der Waals surface area contributed by atoms with Crippen molar-refractivity contribution in [2.75, 3.05) is 6.79 Å². The van der Waals surface area contributed by atoms with Crippen LogP contribution in [0, 0.1) is 5.92 Å². The summed E-state index contributed by atoms with van der Waals surface area (Å²) in [6, 6.07) is 6.06. The molecule has 5 rings (SSSR count). The molecule has 1 aromatic carbocycles. The molecule has 0 spiro atoms. The van der Waals surface area contributed by atoms with E-state index in [9.17, 15) is 4.79 Å². The molecule has 146 valence electrons. The van der Waals surface area contributed by atoms with Crippen LogP contribution in [0.1, 0.15) is 48.1 Å². The molecule has 6 nitrogen and oxygen atoms in total. The van der Waals surface area contributed by atoms with E-state index in [2.05, 4.69) is 24.1 Å². The number of H-pyrrole nitrogens is 1. The van der Waals surface area contributed by atoms with Gasteiger partial charge in [-0.3, -0.25) is 4.79 Å². The highest BCUT2D eigenvalue weighted by molar-refractivity contribution is 7.18. The maximum absolute atomic E-state index is 12.8. The molecule has 0 saturated heterocycles. The minimum absolute atomic E-state index is 0.00961. The lowest BCUT2D eigenvalue weighted by Gasteiger charge is -2.17. The first kappa shape index (κ1) is 17.7. The Balaban J connectivity index is 1.37. The molecule has 3 aromatic rings. The van der Waals surface area contributed by atoms with Crippen LogP contribution in [0.25, 0.3) is 10.2 Å². The van der Waals surface area contributed by atoms with Crippen LogP contribution in [0.15, 0.2) is 23.0 Å². The Morgan fingerprint density at radius 3 is 3.11 bits per heavy atom. The van der Waals surface area contributed by atoms with E-state index in [4.69, 9.17) is 14.5 Å². The van der Waals surface area contributed by atoms with Crippen molar-refractivity contribution < 1.29 is 14.8 Å². The summed E-state index contributed by atoms with van der Waals surface area (Å²) >= 11 is 1.70. The maximum atomic E-state index is 12.8. The van der Waals surface area contributed by atoms with Crippen molar-refractivity contribution in [1.29, 1.82) is 0 Å². The lowest BCUT2D eigenvalue weighted by atomic mass is 9.89. The molecule has 0 unspecified atom stereocenters. The highest BCUT2D eigenvalue weighted by Crippen LogP contribution is 2.36. The van der Waals surface area contributed by atoms with Crippen LogP contribution in [0.5, 0.6) is 11.5 Å². The summed E-state index contributed by atoms with van der Waals surface area (Å²) in [5, 5.41) is 3.00. The van der Waals surface area contributed by atoms with Gasteiger partial charge in [-0.05, 0) is 55.9 Å². The number of fused-ring (bicyclic) bond motifs is 4. The summed E-state index contributed by atoms with van der Waals surface area (Å²) in [6.45, 7) is 5.42. The fourth-order valence-corrected chi connectivity index (χ4v) is 5.46. The molecule has 0 bridgehead atoms. The van der Waals surface area contributed by atoms with Gasteiger partial charge in [0.1, 0.15) is 17.4 Å². The van der Waals surface area contributed by atoms with Crippen LogP contribution < -0.4 is 20.3 Å². The first-order valence-corrected chi connectivity index (χ1v) is 10.7. The van der Waals surface area contributed by atoms with Crippen LogP contribution in [0.3, 0.4) is 0 Å².